The van der Waals surface area contributed by atoms with Crippen molar-refractivity contribution < 1.29 is 0 Å². The monoisotopic (exact) mass is 477 g/mol. The molecule has 7 rings (SSSR count). The predicted octanol–water partition coefficient (Wildman–Crippen LogP) is 7.83. The van der Waals surface area contributed by atoms with Gasteiger partial charge in [-0.3, -0.25) is 0 Å². The molecule has 0 fully saturated rings. The maximum atomic E-state index is 4.67. The van der Waals surface area contributed by atoms with E-state index < -0.39 is 0 Å². The molecule has 0 saturated heterocycles. The minimum absolute atomic E-state index is 1.01. The molecule has 37 heavy (non-hydrogen) atoms. The summed E-state index contributed by atoms with van der Waals surface area (Å²) in [6.07, 6.45) is 3.82. The second-order valence-electron chi connectivity index (χ2n) is 8.94. The first-order valence-electron chi connectivity index (χ1n) is 12.3. The average molecular weight is 478 g/mol. The summed E-state index contributed by atoms with van der Waals surface area (Å²) in [4.78, 5) is 2.27. The molecular weight excluding hydrogens is 454 g/mol. The second kappa shape index (κ2) is 8.81. The van der Waals surface area contributed by atoms with Crippen molar-refractivity contribution in [3.8, 4) is 11.4 Å². The maximum absolute atomic E-state index is 4.67. The summed E-state index contributed by atoms with van der Waals surface area (Å²) in [6, 6.07) is 44.0. The van der Waals surface area contributed by atoms with Gasteiger partial charge in [-0.15, -0.1) is 0 Å². The van der Waals surface area contributed by atoms with Crippen LogP contribution in [-0.4, -0.2) is 19.6 Å². The Hall–Kier alpha value is -5.16. The van der Waals surface area contributed by atoms with E-state index in [9.17, 15) is 0 Å². The number of anilines is 3. The smallest absolute Gasteiger partial charge is 0.0741 e. The van der Waals surface area contributed by atoms with Crippen molar-refractivity contribution in [2.75, 3.05) is 4.90 Å². The lowest BCUT2D eigenvalue weighted by molar-refractivity contribution is 0.908. The summed E-state index contributed by atoms with van der Waals surface area (Å²) in [7, 11) is 0. The lowest BCUT2D eigenvalue weighted by Crippen LogP contribution is -2.11. The van der Waals surface area contributed by atoms with Gasteiger partial charge in [-0.2, -0.15) is 10.2 Å². The van der Waals surface area contributed by atoms with Crippen molar-refractivity contribution in [3.05, 3.63) is 140 Å². The summed E-state index contributed by atoms with van der Waals surface area (Å²) in [5, 5.41) is 11.6. The molecule has 0 aliphatic carbocycles. The Morgan fingerprint density at radius 2 is 0.892 bits per heavy atom. The van der Waals surface area contributed by atoms with Crippen LogP contribution in [0.15, 0.2) is 140 Å². The zero-order chi connectivity index (χ0) is 24.6. The molecule has 5 aromatic carbocycles. The van der Waals surface area contributed by atoms with Crippen LogP contribution < -0.4 is 4.90 Å². The molecule has 2 heterocycles. The van der Waals surface area contributed by atoms with Crippen LogP contribution in [-0.2, 0) is 0 Å². The first-order valence-corrected chi connectivity index (χ1v) is 12.3. The fraction of sp³-hybridized carbons (Fsp3) is 0. The molecule has 0 atom stereocenters. The Morgan fingerprint density at radius 1 is 0.432 bits per heavy atom. The van der Waals surface area contributed by atoms with Gasteiger partial charge in [-0.1, -0.05) is 66.7 Å². The van der Waals surface area contributed by atoms with Gasteiger partial charge in [-0.25, -0.2) is 9.36 Å². The third-order valence-corrected chi connectivity index (χ3v) is 6.63. The zero-order valence-corrected chi connectivity index (χ0v) is 20.0. The zero-order valence-electron chi connectivity index (χ0n) is 20.0. The maximum Gasteiger partial charge on any atom is 0.0741 e. The molecule has 0 N–H and O–H groups in total. The quantitative estimate of drug-likeness (QED) is 0.254. The average Bonchev–Trinajstić information content (AvgIpc) is 3.59. The highest BCUT2D eigenvalue weighted by Crippen LogP contribution is 2.36. The summed E-state index contributed by atoms with van der Waals surface area (Å²) >= 11 is 0. The molecule has 0 spiro atoms. The summed E-state index contributed by atoms with van der Waals surface area (Å²) < 4.78 is 3.99. The van der Waals surface area contributed by atoms with Crippen LogP contribution >= 0.6 is 0 Å². The molecule has 0 aliphatic heterocycles. The first-order chi connectivity index (χ1) is 18.3. The molecular formula is C32H23N5. The number of hydrogen-bond donors (Lipinski definition) is 0. The Labute approximate surface area is 214 Å². The number of hydrogen-bond acceptors (Lipinski definition) is 3. The predicted molar refractivity (Wildman–Crippen MR) is 150 cm³/mol. The van der Waals surface area contributed by atoms with Crippen molar-refractivity contribution in [1.29, 1.82) is 0 Å². The molecule has 0 aliphatic rings. The SMILES string of the molecule is c1ccc(N(c2cccc(-n3ncc4ccccc43)c2)c2cccc(-n3ncc4ccccc43)c2)cc1. The molecule has 176 valence electrons. The van der Waals surface area contributed by atoms with E-state index in [2.05, 4.69) is 112 Å². The standard InChI is InChI=1S/C32H23N5/c1-2-12-26(13-3-1)35(27-14-8-16-29(20-27)36-31-18-6-4-10-24(31)22-33-36)28-15-9-17-30(21-28)37-32-19-7-5-11-25(32)23-34-37/h1-23H. The minimum atomic E-state index is 1.01. The van der Waals surface area contributed by atoms with Crippen LogP contribution in [0.5, 0.6) is 0 Å². The largest absolute Gasteiger partial charge is 0.310 e. The van der Waals surface area contributed by atoms with Crippen molar-refractivity contribution in [3.63, 3.8) is 0 Å². The molecule has 2 aromatic heterocycles. The number of benzene rings is 5. The molecule has 5 nitrogen and oxygen atoms in total. The number of fused-ring (bicyclic) bond motifs is 2. The van der Waals surface area contributed by atoms with E-state index in [0.29, 0.717) is 0 Å². The molecule has 7 aromatic rings. The van der Waals surface area contributed by atoms with E-state index in [0.717, 1.165) is 50.2 Å². The number of nitrogens with zero attached hydrogens (tertiary/aromatic N) is 5. The highest BCUT2D eigenvalue weighted by Gasteiger charge is 2.15. The van der Waals surface area contributed by atoms with Gasteiger partial charge in [-0.05, 0) is 60.7 Å². The highest BCUT2D eigenvalue weighted by atomic mass is 15.3. The molecule has 0 unspecified atom stereocenters. The lowest BCUT2D eigenvalue weighted by Gasteiger charge is -2.26. The Balaban J connectivity index is 1.37. The Bertz CT molecular complexity index is 1730. The van der Waals surface area contributed by atoms with E-state index in [4.69, 9.17) is 0 Å². The van der Waals surface area contributed by atoms with Crippen LogP contribution in [0.25, 0.3) is 33.2 Å². The Morgan fingerprint density at radius 3 is 1.43 bits per heavy atom. The third kappa shape index (κ3) is 3.74. The van der Waals surface area contributed by atoms with Crippen molar-refractivity contribution in [2.45, 2.75) is 0 Å². The summed E-state index contributed by atoms with van der Waals surface area (Å²) in [5.41, 5.74) is 7.35. The van der Waals surface area contributed by atoms with E-state index in [-0.39, 0.29) is 0 Å². The van der Waals surface area contributed by atoms with Gasteiger partial charge in [0, 0.05) is 27.8 Å². The van der Waals surface area contributed by atoms with Crippen LogP contribution in [0.3, 0.4) is 0 Å². The molecule has 0 bridgehead atoms. The lowest BCUT2D eigenvalue weighted by atomic mass is 10.1. The normalized spacial score (nSPS) is 11.2. The van der Waals surface area contributed by atoms with Gasteiger partial charge in [0.1, 0.15) is 0 Å². The Kier molecular flexibility index (Phi) is 5.03. The van der Waals surface area contributed by atoms with Crippen LogP contribution in [0.2, 0.25) is 0 Å². The van der Waals surface area contributed by atoms with E-state index in [1.165, 1.54) is 0 Å². The first kappa shape index (κ1) is 21.1. The van der Waals surface area contributed by atoms with Gasteiger partial charge < -0.3 is 4.90 Å². The van der Waals surface area contributed by atoms with Gasteiger partial charge >= 0.3 is 0 Å². The van der Waals surface area contributed by atoms with Crippen LogP contribution in [0, 0.1) is 0 Å². The van der Waals surface area contributed by atoms with Crippen LogP contribution in [0.4, 0.5) is 17.1 Å². The number of aromatic nitrogens is 4. The molecule has 0 amide bonds. The van der Waals surface area contributed by atoms with Crippen molar-refractivity contribution >= 4 is 38.9 Å². The summed E-state index contributed by atoms with van der Waals surface area (Å²) in [5.74, 6) is 0. The highest BCUT2D eigenvalue weighted by molar-refractivity contribution is 5.83. The van der Waals surface area contributed by atoms with E-state index >= 15 is 0 Å². The van der Waals surface area contributed by atoms with Gasteiger partial charge in [0.25, 0.3) is 0 Å². The number of para-hydroxylation sites is 3. The molecule has 0 saturated carbocycles. The van der Waals surface area contributed by atoms with E-state index in [1.807, 2.05) is 52.1 Å². The summed E-state index contributed by atoms with van der Waals surface area (Å²) in [6.45, 7) is 0. The fourth-order valence-corrected chi connectivity index (χ4v) is 4.91. The molecule has 5 heteroatoms. The van der Waals surface area contributed by atoms with E-state index in [1.54, 1.807) is 0 Å². The van der Waals surface area contributed by atoms with Gasteiger partial charge in [0.05, 0.1) is 34.8 Å². The fourth-order valence-electron chi connectivity index (χ4n) is 4.91. The second-order valence-corrected chi connectivity index (χ2v) is 8.94. The van der Waals surface area contributed by atoms with Crippen molar-refractivity contribution in [2.24, 2.45) is 0 Å². The topological polar surface area (TPSA) is 38.9 Å². The minimum Gasteiger partial charge on any atom is -0.310 e. The van der Waals surface area contributed by atoms with Gasteiger partial charge in [0.2, 0.25) is 0 Å². The third-order valence-electron chi connectivity index (χ3n) is 6.63. The van der Waals surface area contributed by atoms with Crippen molar-refractivity contribution in [1.82, 2.24) is 19.6 Å². The molecule has 0 radical (unpaired) electrons. The van der Waals surface area contributed by atoms with Crippen LogP contribution in [0.1, 0.15) is 0 Å². The number of rotatable bonds is 5. The van der Waals surface area contributed by atoms with Gasteiger partial charge in [0.15, 0.2) is 0 Å².